The number of anilines is 1. The molecular weight excluding hydrogens is 362 g/mol. The minimum absolute atomic E-state index is 0.657. The van der Waals surface area contributed by atoms with Crippen LogP contribution in [0.15, 0.2) is 39.1 Å². The van der Waals surface area contributed by atoms with Crippen LogP contribution < -0.4 is 15.5 Å². The summed E-state index contributed by atoms with van der Waals surface area (Å²) in [7, 11) is 5.76. The number of nitrogens with one attached hydrogen (secondary N) is 2. The summed E-state index contributed by atoms with van der Waals surface area (Å²) in [5.74, 6) is 0.766. The lowest BCUT2D eigenvalue weighted by atomic mass is 10.2. The Morgan fingerprint density at radius 2 is 1.91 bits per heavy atom. The standard InChI is InChI=1S/C15H20BrN5S/c1-17-14(18-8-11-4-6-12(16)7-5-11)19-9-13-10-22-15(20-13)21(2)3/h4-7,10H,8-9H2,1-3H3,(H2,17,18,19). The molecule has 2 aromatic rings. The first-order chi connectivity index (χ1) is 10.6. The van der Waals surface area contributed by atoms with E-state index in [4.69, 9.17) is 0 Å². The molecule has 1 heterocycles. The molecule has 0 bridgehead atoms. The molecule has 0 spiro atoms. The molecule has 0 saturated carbocycles. The monoisotopic (exact) mass is 381 g/mol. The fraction of sp³-hybridized carbons (Fsp3) is 0.333. The smallest absolute Gasteiger partial charge is 0.191 e. The molecule has 1 aromatic carbocycles. The van der Waals surface area contributed by atoms with Crippen LogP contribution in [0.2, 0.25) is 0 Å². The number of hydrogen-bond acceptors (Lipinski definition) is 4. The number of thiazole rings is 1. The van der Waals surface area contributed by atoms with Gasteiger partial charge in [0, 0.05) is 37.5 Å². The summed E-state index contributed by atoms with van der Waals surface area (Å²) in [6.07, 6.45) is 0. The molecule has 1 aromatic heterocycles. The number of nitrogens with zero attached hydrogens (tertiary/aromatic N) is 3. The van der Waals surface area contributed by atoms with Crippen molar-refractivity contribution in [3.05, 3.63) is 45.4 Å². The molecule has 0 fully saturated rings. The van der Waals surface area contributed by atoms with E-state index in [1.165, 1.54) is 5.56 Å². The van der Waals surface area contributed by atoms with Gasteiger partial charge in [0.1, 0.15) is 0 Å². The molecule has 0 amide bonds. The van der Waals surface area contributed by atoms with Gasteiger partial charge in [-0.1, -0.05) is 28.1 Å². The van der Waals surface area contributed by atoms with Gasteiger partial charge in [-0.15, -0.1) is 11.3 Å². The third-order valence-corrected chi connectivity index (χ3v) is 4.54. The third kappa shape index (κ3) is 4.99. The fourth-order valence-corrected chi connectivity index (χ4v) is 2.79. The molecule has 0 saturated heterocycles. The summed E-state index contributed by atoms with van der Waals surface area (Å²) in [6, 6.07) is 8.22. The number of aromatic nitrogens is 1. The van der Waals surface area contributed by atoms with E-state index in [1.54, 1.807) is 18.4 Å². The Hall–Kier alpha value is -1.60. The number of rotatable bonds is 5. The maximum absolute atomic E-state index is 4.54. The zero-order valence-corrected chi connectivity index (χ0v) is 15.3. The van der Waals surface area contributed by atoms with E-state index < -0.39 is 0 Å². The number of hydrogen-bond donors (Lipinski definition) is 2. The van der Waals surface area contributed by atoms with Crippen LogP contribution in [0.3, 0.4) is 0 Å². The van der Waals surface area contributed by atoms with E-state index >= 15 is 0 Å². The van der Waals surface area contributed by atoms with Crippen molar-refractivity contribution in [1.29, 1.82) is 0 Å². The first-order valence-electron chi connectivity index (χ1n) is 6.89. The average Bonchev–Trinajstić information content (AvgIpc) is 2.98. The molecule has 0 atom stereocenters. The molecule has 5 nitrogen and oxygen atoms in total. The van der Waals surface area contributed by atoms with Crippen LogP contribution in [-0.2, 0) is 13.1 Å². The molecule has 0 aliphatic rings. The lowest BCUT2D eigenvalue weighted by Gasteiger charge is -2.11. The van der Waals surface area contributed by atoms with E-state index in [2.05, 4.69) is 54.1 Å². The Morgan fingerprint density at radius 3 is 2.50 bits per heavy atom. The van der Waals surface area contributed by atoms with Gasteiger partial charge >= 0.3 is 0 Å². The highest BCUT2D eigenvalue weighted by Gasteiger charge is 2.04. The Morgan fingerprint density at radius 1 is 1.23 bits per heavy atom. The quantitative estimate of drug-likeness (QED) is 0.617. The van der Waals surface area contributed by atoms with E-state index in [9.17, 15) is 0 Å². The highest BCUT2D eigenvalue weighted by atomic mass is 79.9. The zero-order chi connectivity index (χ0) is 15.9. The Bertz CT molecular complexity index is 621. The third-order valence-electron chi connectivity index (χ3n) is 2.96. The van der Waals surface area contributed by atoms with Crippen molar-refractivity contribution in [2.24, 2.45) is 4.99 Å². The van der Waals surface area contributed by atoms with Gasteiger partial charge in [-0.05, 0) is 17.7 Å². The van der Waals surface area contributed by atoms with Crippen LogP contribution in [0, 0.1) is 0 Å². The van der Waals surface area contributed by atoms with Crippen molar-refractivity contribution in [3.63, 3.8) is 0 Å². The average molecular weight is 382 g/mol. The van der Waals surface area contributed by atoms with Gasteiger partial charge in [-0.25, -0.2) is 4.98 Å². The van der Waals surface area contributed by atoms with Gasteiger partial charge < -0.3 is 15.5 Å². The van der Waals surface area contributed by atoms with Crippen molar-refractivity contribution < 1.29 is 0 Å². The van der Waals surface area contributed by atoms with E-state index in [0.29, 0.717) is 6.54 Å². The second-order valence-electron chi connectivity index (χ2n) is 4.92. The van der Waals surface area contributed by atoms with Crippen LogP contribution in [0.25, 0.3) is 0 Å². The van der Waals surface area contributed by atoms with Crippen LogP contribution in [-0.4, -0.2) is 32.1 Å². The summed E-state index contributed by atoms with van der Waals surface area (Å²) in [4.78, 5) is 10.8. The molecule has 0 aliphatic carbocycles. The Kier molecular flexibility index (Phi) is 6.21. The molecule has 2 N–H and O–H groups in total. The van der Waals surface area contributed by atoms with Crippen molar-refractivity contribution in [2.45, 2.75) is 13.1 Å². The van der Waals surface area contributed by atoms with Crippen LogP contribution in [0.4, 0.5) is 5.13 Å². The van der Waals surface area contributed by atoms with Crippen molar-refractivity contribution in [2.75, 3.05) is 26.0 Å². The fourth-order valence-electron chi connectivity index (χ4n) is 1.77. The Labute approximate surface area is 143 Å². The first kappa shape index (κ1) is 16.8. The number of guanidine groups is 1. The molecule has 0 unspecified atom stereocenters. The molecule has 118 valence electrons. The summed E-state index contributed by atoms with van der Waals surface area (Å²) in [6.45, 7) is 1.39. The zero-order valence-electron chi connectivity index (χ0n) is 12.9. The maximum Gasteiger partial charge on any atom is 0.191 e. The van der Waals surface area contributed by atoms with Gasteiger partial charge in [0.15, 0.2) is 11.1 Å². The lowest BCUT2D eigenvalue weighted by molar-refractivity contribution is 0.797. The lowest BCUT2D eigenvalue weighted by Crippen LogP contribution is -2.36. The highest BCUT2D eigenvalue weighted by molar-refractivity contribution is 9.10. The highest BCUT2D eigenvalue weighted by Crippen LogP contribution is 2.17. The summed E-state index contributed by atoms with van der Waals surface area (Å²) in [5.41, 5.74) is 2.22. The minimum Gasteiger partial charge on any atom is -0.354 e. The van der Waals surface area contributed by atoms with E-state index in [0.717, 1.165) is 27.8 Å². The number of halogens is 1. The van der Waals surface area contributed by atoms with Crippen LogP contribution >= 0.6 is 27.3 Å². The largest absolute Gasteiger partial charge is 0.354 e. The molecule has 22 heavy (non-hydrogen) atoms. The second kappa shape index (κ2) is 8.14. The summed E-state index contributed by atoms with van der Waals surface area (Å²) < 4.78 is 1.08. The van der Waals surface area contributed by atoms with Crippen molar-refractivity contribution >= 4 is 38.4 Å². The predicted octanol–water partition coefficient (Wildman–Crippen LogP) is 2.84. The minimum atomic E-state index is 0.657. The summed E-state index contributed by atoms with van der Waals surface area (Å²) in [5, 5.41) is 9.64. The second-order valence-corrected chi connectivity index (χ2v) is 6.67. The van der Waals surface area contributed by atoms with E-state index in [1.807, 2.05) is 31.1 Å². The first-order valence-corrected chi connectivity index (χ1v) is 8.56. The summed E-state index contributed by atoms with van der Waals surface area (Å²) >= 11 is 5.07. The van der Waals surface area contributed by atoms with E-state index in [-0.39, 0.29) is 0 Å². The van der Waals surface area contributed by atoms with Gasteiger partial charge in [0.05, 0.1) is 12.2 Å². The normalized spacial score (nSPS) is 11.4. The van der Waals surface area contributed by atoms with Crippen LogP contribution in [0.5, 0.6) is 0 Å². The van der Waals surface area contributed by atoms with Gasteiger partial charge in [-0.3, -0.25) is 4.99 Å². The van der Waals surface area contributed by atoms with Gasteiger partial charge in [0.2, 0.25) is 0 Å². The predicted molar refractivity (Wildman–Crippen MR) is 97.6 cm³/mol. The molecular formula is C15H20BrN5S. The topological polar surface area (TPSA) is 52.6 Å². The van der Waals surface area contributed by atoms with Crippen molar-refractivity contribution in [3.8, 4) is 0 Å². The number of aliphatic imine (C=N–C) groups is 1. The molecule has 2 rings (SSSR count). The SMILES string of the molecule is CN=C(NCc1ccc(Br)cc1)NCc1csc(N(C)C)n1. The Balaban J connectivity index is 1.83. The van der Waals surface area contributed by atoms with Gasteiger partial charge in [0.25, 0.3) is 0 Å². The van der Waals surface area contributed by atoms with Gasteiger partial charge in [-0.2, -0.15) is 0 Å². The molecule has 0 radical (unpaired) electrons. The number of benzene rings is 1. The molecule has 0 aliphatic heterocycles. The van der Waals surface area contributed by atoms with Crippen LogP contribution in [0.1, 0.15) is 11.3 Å². The van der Waals surface area contributed by atoms with Crippen molar-refractivity contribution in [1.82, 2.24) is 15.6 Å². The maximum atomic E-state index is 4.54. The molecule has 7 heteroatoms.